The molecule has 1 heterocycles. The second-order valence-electron chi connectivity index (χ2n) is 6.19. The molecule has 1 aromatic heterocycles. The van der Waals surface area contributed by atoms with Gasteiger partial charge in [-0.25, -0.2) is 4.98 Å². The third kappa shape index (κ3) is 3.43. The van der Waals surface area contributed by atoms with Gasteiger partial charge in [0.2, 0.25) is 5.95 Å². The van der Waals surface area contributed by atoms with Crippen molar-refractivity contribution in [3.8, 4) is 0 Å². The van der Waals surface area contributed by atoms with Crippen LogP contribution in [0.25, 0.3) is 10.9 Å². The van der Waals surface area contributed by atoms with E-state index in [1.165, 1.54) is 32.1 Å². The van der Waals surface area contributed by atoms with Crippen LogP contribution in [0.4, 0.5) is 11.8 Å². The SMILES string of the molecule is CC(C)Nc1nc(NC2CCCCC2)c2ccccc2n1. The first kappa shape index (κ1) is 14.1. The van der Waals surface area contributed by atoms with Gasteiger partial charge in [-0.15, -0.1) is 0 Å². The van der Waals surface area contributed by atoms with E-state index in [0.717, 1.165) is 16.7 Å². The molecule has 1 saturated carbocycles. The number of fused-ring (bicyclic) bond motifs is 1. The van der Waals surface area contributed by atoms with Crippen LogP contribution in [0.2, 0.25) is 0 Å². The fourth-order valence-electron chi connectivity index (χ4n) is 2.95. The Hall–Kier alpha value is -1.84. The van der Waals surface area contributed by atoms with Gasteiger partial charge in [0.15, 0.2) is 0 Å². The Labute approximate surface area is 126 Å². The third-order valence-corrected chi connectivity index (χ3v) is 3.97. The maximum absolute atomic E-state index is 4.70. The Balaban J connectivity index is 1.93. The molecular weight excluding hydrogens is 260 g/mol. The minimum absolute atomic E-state index is 0.327. The van der Waals surface area contributed by atoms with Crippen molar-refractivity contribution in [3.05, 3.63) is 24.3 Å². The molecule has 1 aromatic carbocycles. The number of rotatable bonds is 4. The molecule has 1 fully saturated rings. The van der Waals surface area contributed by atoms with Gasteiger partial charge in [-0.1, -0.05) is 31.4 Å². The molecule has 0 radical (unpaired) electrons. The summed E-state index contributed by atoms with van der Waals surface area (Å²) in [5, 5.41) is 8.07. The molecule has 0 bridgehead atoms. The van der Waals surface area contributed by atoms with Gasteiger partial charge >= 0.3 is 0 Å². The van der Waals surface area contributed by atoms with Gasteiger partial charge in [-0.2, -0.15) is 4.98 Å². The molecule has 0 atom stereocenters. The Morgan fingerprint density at radius 1 is 1.05 bits per heavy atom. The molecular formula is C17H24N4. The summed E-state index contributed by atoms with van der Waals surface area (Å²) in [4.78, 5) is 9.31. The Morgan fingerprint density at radius 3 is 2.57 bits per heavy atom. The lowest BCUT2D eigenvalue weighted by atomic mass is 9.95. The van der Waals surface area contributed by atoms with Crippen LogP contribution in [0.15, 0.2) is 24.3 Å². The lowest BCUT2D eigenvalue weighted by Crippen LogP contribution is -2.23. The summed E-state index contributed by atoms with van der Waals surface area (Å²) in [6.45, 7) is 4.21. The lowest BCUT2D eigenvalue weighted by Gasteiger charge is -2.24. The van der Waals surface area contributed by atoms with Gasteiger partial charge in [-0.3, -0.25) is 0 Å². The number of benzene rings is 1. The van der Waals surface area contributed by atoms with Crippen molar-refractivity contribution in [2.75, 3.05) is 10.6 Å². The summed E-state index contributed by atoms with van der Waals surface area (Å²) in [6.07, 6.45) is 6.48. The van der Waals surface area contributed by atoms with Gasteiger partial charge in [0.1, 0.15) is 5.82 Å². The van der Waals surface area contributed by atoms with Crippen molar-refractivity contribution < 1.29 is 0 Å². The molecule has 0 saturated heterocycles. The third-order valence-electron chi connectivity index (χ3n) is 3.97. The van der Waals surface area contributed by atoms with Gasteiger partial charge in [-0.05, 0) is 38.8 Å². The van der Waals surface area contributed by atoms with Gasteiger partial charge in [0, 0.05) is 17.5 Å². The fourth-order valence-corrected chi connectivity index (χ4v) is 2.95. The van der Waals surface area contributed by atoms with Crippen LogP contribution in [0.3, 0.4) is 0 Å². The average molecular weight is 284 g/mol. The molecule has 2 N–H and O–H groups in total. The largest absolute Gasteiger partial charge is 0.367 e. The molecule has 0 unspecified atom stereocenters. The summed E-state index contributed by atoms with van der Waals surface area (Å²) in [5.74, 6) is 1.68. The molecule has 0 amide bonds. The Bertz CT molecular complexity index is 603. The maximum Gasteiger partial charge on any atom is 0.225 e. The number of aromatic nitrogens is 2. The van der Waals surface area contributed by atoms with E-state index in [1.54, 1.807) is 0 Å². The van der Waals surface area contributed by atoms with Crippen LogP contribution in [-0.4, -0.2) is 22.1 Å². The van der Waals surface area contributed by atoms with Crippen molar-refractivity contribution in [2.45, 2.75) is 58.0 Å². The fraction of sp³-hybridized carbons (Fsp3) is 0.529. The minimum Gasteiger partial charge on any atom is -0.367 e. The highest BCUT2D eigenvalue weighted by molar-refractivity contribution is 5.90. The molecule has 2 aromatic rings. The summed E-state index contributed by atoms with van der Waals surface area (Å²) in [5.41, 5.74) is 0.994. The molecule has 3 rings (SSSR count). The van der Waals surface area contributed by atoms with E-state index >= 15 is 0 Å². The smallest absolute Gasteiger partial charge is 0.225 e. The Morgan fingerprint density at radius 2 is 1.81 bits per heavy atom. The quantitative estimate of drug-likeness (QED) is 0.883. The van der Waals surface area contributed by atoms with Crippen LogP contribution >= 0.6 is 0 Å². The van der Waals surface area contributed by atoms with Crippen molar-refractivity contribution in [2.24, 2.45) is 0 Å². The number of nitrogens with one attached hydrogen (secondary N) is 2. The van der Waals surface area contributed by atoms with Crippen molar-refractivity contribution in [1.82, 2.24) is 9.97 Å². The van der Waals surface area contributed by atoms with Gasteiger partial charge in [0.25, 0.3) is 0 Å². The van der Waals surface area contributed by atoms with E-state index in [-0.39, 0.29) is 0 Å². The highest BCUT2D eigenvalue weighted by atomic mass is 15.2. The summed E-state index contributed by atoms with van der Waals surface area (Å²) in [6, 6.07) is 9.10. The van der Waals surface area contributed by atoms with Crippen LogP contribution in [0, 0.1) is 0 Å². The monoisotopic (exact) mass is 284 g/mol. The maximum atomic E-state index is 4.70. The van der Waals surface area contributed by atoms with Crippen molar-refractivity contribution >= 4 is 22.7 Å². The van der Waals surface area contributed by atoms with Gasteiger partial charge in [0.05, 0.1) is 5.52 Å². The molecule has 1 aliphatic carbocycles. The van der Waals surface area contributed by atoms with Crippen LogP contribution in [-0.2, 0) is 0 Å². The highest BCUT2D eigenvalue weighted by Crippen LogP contribution is 2.26. The van der Waals surface area contributed by atoms with Crippen LogP contribution in [0.5, 0.6) is 0 Å². The van der Waals surface area contributed by atoms with Gasteiger partial charge < -0.3 is 10.6 Å². The first-order chi connectivity index (χ1) is 10.2. The second kappa shape index (κ2) is 6.29. The summed E-state index contributed by atoms with van der Waals surface area (Å²) >= 11 is 0. The zero-order chi connectivity index (χ0) is 14.7. The molecule has 0 aliphatic heterocycles. The first-order valence-electron chi connectivity index (χ1n) is 8.02. The average Bonchev–Trinajstić information content (AvgIpc) is 2.47. The molecule has 21 heavy (non-hydrogen) atoms. The Kier molecular flexibility index (Phi) is 4.23. The van der Waals surface area contributed by atoms with Crippen molar-refractivity contribution in [3.63, 3.8) is 0 Å². The minimum atomic E-state index is 0.327. The molecule has 4 nitrogen and oxygen atoms in total. The molecule has 112 valence electrons. The zero-order valence-corrected chi connectivity index (χ0v) is 12.9. The van der Waals surface area contributed by atoms with E-state index in [1.807, 2.05) is 12.1 Å². The van der Waals surface area contributed by atoms with E-state index < -0.39 is 0 Å². The number of nitrogens with zero attached hydrogens (tertiary/aromatic N) is 2. The van der Waals surface area contributed by atoms with E-state index in [0.29, 0.717) is 18.0 Å². The second-order valence-corrected chi connectivity index (χ2v) is 6.19. The van der Waals surface area contributed by atoms with E-state index in [9.17, 15) is 0 Å². The lowest BCUT2D eigenvalue weighted by molar-refractivity contribution is 0.462. The predicted octanol–water partition coefficient (Wildman–Crippen LogP) is 4.19. The van der Waals surface area contributed by atoms with Crippen molar-refractivity contribution in [1.29, 1.82) is 0 Å². The standard InChI is InChI=1S/C17H24N4/c1-12(2)18-17-20-15-11-7-6-10-14(15)16(21-17)19-13-8-4-3-5-9-13/h6-7,10-13H,3-5,8-9H2,1-2H3,(H2,18,19,20,21). The number of hydrogen-bond donors (Lipinski definition) is 2. The molecule has 4 heteroatoms. The topological polar surface area (TPSA) is 49.8 Å². The number of hydrogen-bond acceptors (Lipinski definition) is 4. The summed E-state index contributed by atoms with van der Waals surface area (Å²) < 4.78 is 0. The predicted molar refractivity (Wildman–Crippen MR) is 88.8 cm³/mol. The number of para-hydroxylation sites is 1. The number of anilines is 2. The zero-order valence-electron chi connectivity index (χ0n) is 12.9. The molecule has 1 aliphatic rings. The normalized spacial score (nSPS) is 16.3. The summed E-state index contributed by atoms with van der Waals surface area (Å²) in [7, 11) is 0. The first-order valence-corrected chi connectivity index (χ1v) is 8.02. The van der Waals surface area contributed by atoms with E-state index in [2.05, 4.69) is 41.6 Å². The van der Waals surface area contributed by atoms with E-state index in [4.69, 9.17) is 4.98 Å². The van der Waals surface area contributed by atoms with Crippen LogP contribution in [0.1, 0.15) is 46.0 Å². The van der Waals surface area contributed by atoms with Crippen LogP contribution < -0.4 is 10.6 Å². The molecule has 0 spiro atoms. The highest BCUT2D eigenvalue weighted by Gasteiger charge is 2.16.